The van der Waals surface area contributed by atoms with Crippen molar-refractivity contribution in [2.75, 3.05) is 13.1 Å². The zero-order chi connectivity index (χ0) is 11.9. The van der Waals surface area contributed by atoms with Crippen LogP contribution in [0.15, 0.2) is 42.5 Å². The van der Waals surface area contributed by atoms with Gasteiger partial charge in [-0.05, 0) is 37.3 Å². The molecule has 1 fully saturated rings. The number of aryl methyl sites for hydroxylation is 1. The maximum atomic E-state index is 11.7. The minimum Gasteiger partial charge on any atom is -0.339 e. The molecule has 0 aliphatic carbocycles. The first-order chi connectivity index (χ1) is 8.36. The van der Waals surface area contributed by atoms with Gasteiger partial charge in [0.25, 0.3) is 0 Å². The van der Waals surface area contributed by atoms with Gasteiger partial charge in [0.15, 0.2) is 0 Å². The fourth-order valence-corrected chi connectivity index (χ4v) is 2.12. The van der Waals surface area contributed by atoms with Gasteiger partial charge in [0.1, 0.15) is 0 Å². The van der Waals surface area contributed by atoms with E-state index in [2.05, 4.69) is 24.3 Å². The first-order valence-electron chi connectivity index (χ1n) is 6.35. The minimum absolute atomic E-state index is 0.176. The molecule has 0 saturated carbocycles. The Hall–Kier alpha value is -1.57. The van der Waals surface area contributed by atoms with E-state index >= 15 is 0 Å². The number of nitrogens with zero attached hydrogens (tertiary/aromatic N) is 1. The molecule has 1 heterocycles. The van der Waals surface area contributed by atoms with Crippen LogP contribution in [-0.2, 0) is 11.2 Å². The van der Waals surface area contributed by atoms with Crippen LogP contribution in [0.3, 0.4) is 0 Å². The van der Waals surface area contributed by atoms with E-state index in [0.29, 0.717) is 0 Å². The second-order valence-corrected chi connectivity index (χ2v) is 4.46. The Morgan fingerprint density at radius 3 is 2.59 bits per heavy atom. The lowest BCUT2D eigenvalue weighted by atomic mass is 10.1. The Morgan fingerprint density at radius 2 is 1.88 bits per heavy atom. The van der Waals surface area contributed by atoms with Gasteiger partial charge >= 0.3 is 0 Å². The first kappa shape index (κ1) is 11.9. The lowest BCUT2D eigenvalue weighted by Gasteiger charge is -2.11. The summed E-state index contributed by atoms with van der Waals surface area (Å²) in [6.45, 7) is 1.86. The van der Waals surface area contributed by atoms with E-state index in [0.717, 1.165) is 38.8 Å². The molecule has 1 aliphatic heterocycles. The van der Waals surface area contributed by atoms with Crippen LogP contribution in [0.4, 0.5) is 0 Å². The van der Waals surface area contributed by atoms with Crippen molar-refractivity contribution in [3.63, 3.8) is 0 Å². The summed E-state index contributed by atoms with van der Waals surface area (Å²) >= 11 is 0. The molecule has 0 radical (unpaired) electrons. The van der Waals surface area contributed by atoms with Crippen LogP contribution in [0.25, 0.3) is 0 Å². The summed E-state index contributed by atoms with van der Waals surface area (Å²) in [5.74, 6) is 0.176. The van der Waals surface area contributed by atoms with Crippen molar-refractivity contribution in [3.05, 3.63) is 48.0 Å². The van der Waals surface area contributed by atoms with E-state index in [1.165, 1.54) is 5.56 Å². The van der Waals surface area contributed by atoms with Crippen LogP contribution in [0, 0.1) is 0 Å². The van der Waals surface area contributed by atoms with E-state index in [-0.39, 0.29) is 5.91 Å². The van der Waals surface area contributed by atoms with Gasteiger partial charge in [0.2, 0.25) is 5.91 Å². The quantitative estimate of drug-likeness (QED) is 0.727. The molecule has 0 bridgehead atoms. The lowest BCUT2D eigenvalue weighted by molar-refractivity contribution is -0.125. The van der Waals surface area contributed by atoms with Gasteiger partial charge in [-0.25, -0.2) is 0 Å². The average molecular weight is 229 g/mol. The summed E-state index contributed by atoms with van der Waals surface area (Å²) in [6.07, 6.45) is 7.98. The number of amides is 1. The van der Waals surface area contributed by atoms with E-state index in [1.54, 1.807) is 6.08 Å². The summed E-state index contributed by atoms with van der Waals surface area (Å²) in [7, 11) is 0. The molecule has 2 heteroatoms. The average Bonchev–Trinajstić information content (AvgIpc) is 2.89. The highest BCUT2D eigenvalue weighted by molar-refractivity contribution is 5.87. The number of carbonyl (C=O) groups excluding carboxylic acids is 1. The predicted molar refractivity (Wildman–Crippen MR) is 69.7 cm³/mol. The minimum atomic E-state index is 0.176. The highest BCUT2D eigenvalue weighted by atomic mass is 16.2. The third-order valence-corrected chi connectivity index (χ3v) is 3.12. The molecule has 2 nitrogen and oxygen atoms in total. The standard InChI is InChI=1S/C15H19NO/c17-15(16-12-6-7-13-16)11-5-4-10-14-8-2-1-3-9-14/h1-3,5,8-9,11H,4,6-7,10,12-13H2/b11-5+. The Balaban J connectivity index is 1.72. The van der Waals surface area contributed by atoms with Crippen molar-refractivity contribution in [2.45, 2.75) is 25.7 Å². The molecule has 1 aromatic rings. The van der Waals surface area contributed by atoms with E-state index in [9.17, 15) is 4.79 Å². The Bertz CT molecular complexity index is 377. The number of likely N-dealkylation sites (tertiary alicyclic amines) is 1. The van der Waals surface area contributed by atoms with Crippen LogP contribution in [0.1, 0.15) is 24.8 Å². The number of carbonyl (C=O) groups is 1. The van der Waals surface area contributed by atoms with Crippen molar-refractivity contribution in [1.29, 1.82) is 0 Å². The summed E-state index contributed by atoms with van der Waals surface area (Å²) in [5, 5.41) is 0. The molecule has 0 spiro atoms. The third-order valence-electron chi connectivity index (χ3n) is 3.12. The Morgan fingerprint density at radius 1 is 1.18 bits per heavy atom. The van der Waals surface area contributed by atoms with Crippen molar-refractivity contribution >= 4 is 5.91 Å². The summed E-state index contributed by atoms with van der Waals surface area (Å²) in [5.41, 5.74) is 1.32. The van der Waals surface area contributed by atoms with Gasteiger partial charge in [0, 0.05) is 13.1 Å². The highest BCUT2D eigenvalue weighted by Crippen LogP contribution is 2.08. The number of rotatable bonds is 4. The molecule has 0 N–H and O–H groups in total. The number of hydrogen-bond acceptors (Lipinski definition) is 1. The fourth-order valence-electron chi connectivity index (χ4n) is 2.12. The smallest absolute Gasteiger partial charge is 0.246 e. The van der Waals surface area contributed by atoms with Crippen LogP contribution in [-0.4, -0.2) is 23.9 Å². The normalized spacial score (nSPS) is 15.6. The van der Waals surface area contributed by atoms with Gasteiger partial charge < -0.3 is 4.90 Å². The zero-order valence-corrected chi connectivity index (χ0v) is 10.1. The van der Waals surface area contributed by atoms with Gasteiger partial charge in [-0.2, -0.15) is 0 Å². The largest absolute Gasteiger partial charge is 0.339 e. The molecule has 1 saturated heterocycles. The van der Waals surface area contributed by atoms with Crippen LogP contribution >= 0.6 is 0 Å². The molecule has 1 amide bonds. The molecule has 1 aromatic carbocycles. The van der Waals surface area contributed by atoms with Gasteiger partial charge in [-0.1, -0.05) is 36.4 Å². The van der Waals surface area contributed by atoms with Crippen molar-refractivity contribution < 1.29 is 4.79 Å². The van der Waals surface area contributed by atoms with Crippen LogP contribution in [0.5, 0.6) is 0 Å². The molecule has 17 heavy (non-hydrogen) atoms. The molecule has 0 atom stereocenters. The maximum Gasteiger partial charge on any atom is 0.246 e. The Kier molecular flexibility index (Phi) is 4.37. The number of hydrogen-bond donors (Lipinski definition) is 0. The van der Waals surface area contributed by atoms with Crippen molar-refractivity contribution in [3.8, 4) is 0 Å². The predicted octanol–water partition coefficient (Wildman–Crippen LogP) is 2.80. The third kappa shape index (κ3) is 3.74. The summed E-state index contributed by atoms with van der Waals surface area (Å²) in [4.78, 5) is 13.6. The number of allylic oxidation sites excluding steroid dienone is 1. The van der Waals surface area contributed by atoms with Crippen molar-refractivity contribution in [2.24, 2.45) is 0 Å². The molecule has 90 valence electrons. The maximum absolute atomic E-state index is 11.7. The second kappa shape index (κ2) is 6.24. The van der Waals surface area contributed by atoms with Gasteiger partial charge in [-0.15, -0.1) is 0 Å². The monoisotopic (exact) mass is 229 g/mol. The summed E-state index contributed by atoms with van der Waals surface area (Å²) < 4.78 is 0. The number of benzene rings is 1. The zero-order valence-electron chi connectivity index (χ0n) is 10.1. The van der Waals surface area contributed by atoms with E-state index in [4.69, 9.17) is 0 Å². The molecule has 0 aromatic heterocycles. The molecule has 1 aliphatic rings. The van der Waals surface area contributed by atoms with Crippen molar-refractivity contribution in [1.82, 2.24) is 4.90 Å². The molecule has 0 unspecified atom stereocenters. The van der Waals surface area contributed by atoms with Gasteiger partial charge in [-0.3, -0.25) is 4.79 Å². The first-order valence-corrected chi connectivity index (χ1v) is 6.35. The molecular weight excluding hydrogens is 210 g/mol. The van der Waals surface area contributed by atoms with Gasteiger partial charge in [0.05, 0.1) is 0 Å². The van der Waals surface area contributed by atoms with E-state index in [1.807, 2.05) is 17.0 Å². The van der Waals surface area contributed by atoms with Crippen LogP contribution < -0.4 is 0 Å². The Labute approximate surface area is 103 Å². The fraction of sp³-hybridized carbons (Fsp3) is 0.400. The molecule has 2 rings (SSSR count). The second-order valence-electron chi connectivity index (χ2n) is 4.46. The lowest BCUT2D eigenvalue weighted by Crippen LogP contribution is -2.25. The highest BCUT2D eigenvalue weighted by Gasteiger charge is 2.14. The SMILES string of the molecule is O=C(/C=C/CCc1ccccc1)N1CCCC1. The summed E-state index contributed by atoms with van der Waals surface area (Å²) in [6, 6.07) is 10.4. The topological polar surface area (TPSA) is 20.3 Å². The van der Waals surface area contributed by atoms with Crippen LogP contribution in [0.2, 0.25) is 0 Å². The molecular formula is C15H19NO. The van der Waals surface area contributed by atoms with E-state index < -0.39 is 0 Å².